The van der Waals surface area contributed by atoms with Gasteiger partial charge < -0.3 is 10.1 Å². The Balaban J connectivity index is 1.51. The molecule has 4 nitrogen and oxygen atoms in total. The van der Waals surface area contributed by atoms with Gasteiger partial charge in [0.15, 0.2) is 5.17 Å². The van der Waals surface area contributed by atoms with E-state index in [-0.39, 0.29) is 5.91 Å². The van der Waals surface area contributed by atoms with Crippen molar-refractivity contribution < 1.29 is 9.53 Å². The average molecular weight is 666 g/mol. The summed E-state index contributed by atoms with van der Waals surface area (Å²) in [5.41, 5.74) is 5.31. The second kappa shape index (κ2) is 10.4. The lowest BCUT2D eigenvalue weighted by Gasteiger charge is -2.11. The largest absolute Gasteiger partial charge is 0.487 e. The van der Waals surface area contributed by atoms with Crippen LogP contribution in [0.2, 0.25) is 0 Å². The van der Waals surface area contributed by atoms with E-state index in [2.05, 4.69) is 69.3 Å². The number of hydrogen-bond acceptors (Lipinski definition) is 4. The molecule has 0 saturated carbocycles. The molecule has 4 rings (SSSR count). The van der Waals surface area contributed by atoms with Crippen molar-refractivity contribution in [2.75, 3.05) is 0 Å². The zero-order valence-electron chi connectivity index (χ0n) is 17.5. The van der Waals surface area contributed by atoms with E-state index in [1.54, 1.807) is 0 Å². The number of hydrogen-bond donors (Lipinski definition) is 1. The number of amides is 1. The van der Waals surface area contributed by atoms with Crippen molar-refractivity contribution in [3.63, 3.8) is 0 Å². The Morgan fingerprint density at radius 1 is 1.00 bits per heavy atom. The molecule has 1 aliphatic rings. The highest BCUT2D eigenvalue weighted by atomic mass is 127. The lowest BCUT2D eigenvalue weighted by Crippen LogP contribution is -2.19. The fourth-order valence-electron chi connectivity index (χ4n) is 3.07. The van der Waals surface area contributed by atoms with Gasteiger partial charge in [-0.05, 0) is 123 Å². The second-order valence-electron chi connectivity index (χ2n) is 7.34. The molecular weight excluding hydrogens is 646 g/mol. The Labute approximate surface area is 219 Å². The molecule has 0 atom stereocenters. The van der Waals surface area contributed by atoms with Crippen LogP contribution in [0.15, 0.2) is 70.6 Å². The molecular formula is C25H20I2N2O2S. The van der Waals surface area contributed by atoms with Crippen molar-refractivity contribution >= 4 is 79.8 Å². The maximum atomic E-state index is 12.5. The van der Waals surface area contributed by atoms with Gasteiger partial charge in [0, 0.05) is 0 Å². The van der Waals surface area contributed by atoms with E-state index < -0.39 is 0 Å². The summed E-state index contributed by atoms with van der Waals surface area (Å²) in [6.07, 6.45) is 1.90. The molecule has 3 aromatic rings. The third-order valence-electron chi connectivity index (χ3n) is 4.92. The molecule has 1 saturated heterocycles. The molecule has 32 heavy (non-hydrogen) atoms. The van der Waals surface area contributed by atoms with Crippen molar-refractivity contribution in [3.05, 3.63) is 95.0 Å². The predicted octanol–water partition coefficient (Wildman–Crippen LogP) is 6.98. The Hall–Kier alpha value is -1.85. The minimum atomic E-state index is -0.132. The van der Waals surface area contributed by atoms with Gasteiger partial charge in [0.1, 0.15) is 12.4 Å². The molecule has 0 radical (unpaired) electrons. The van der Waals surface area contributed by atoms with Crippen LogP contribution in [0.25, 0.3) is 6.08 Å². The molecule has 1 amide bonds. The number of carbonyl (C=O) groups excluding carboxylic acids is 1. The summed E-state index contributed by atoms with van der Waals surface area (Å²) in [6.45, 7) is 4.64. The molecule has 1 heterocycles. The molecule has 7 heteroatoms. The topological polar surface area (TPSA) is 50.7 Å². The summed E-state index contributed by atoms with van der Waals surface area (Å²) in [6, 6.07) is 20.2. The minimum absolute atomic E-state index is 0.132. The number of aryl methyl sites for hydroxylation is 2. The number of carbonyl (C=O) groups is 1. The summed E-state index contributed by atoms with van der Waals surface area (Å²) in [4.78, 5) is 17.7. The maximum Gasteiger partial charge on any atom is 0.264 e. The third-order valence-corrected chi connectivity index (χ3v) is 7.43. The summed E-state index contributed by atoms with van der Waals surface area (Å²) >= 11 is 5.92. The number of halogens is 2. The zero-order valence-corrected chi connectivity index (χ0v) is 22.6. The molecule has 3 aromatic carbocycles. The molecule has 1 aliphatic heterocycles. The lowest BCUT2D eigenvalue weighted by atomic mass is 10.1. The van der Waals surface area contributed by atoms with E-state index in [0.717, 1.165) is 29.7 Å². The van der Waals surface area contributed by atoms with Crippen molar-refractivity contribution in [2.24, 2.45) is 4.99 Å². The maximum absolute atomic E-state index is 12.5. The first kappa shape index (κ1) is 23.3. The smallest absolute Gasteiger partial charge is 0.264 e. The van der Waals surface area contributed by atoms with E-state index in [4.69, 9.17) is 4.74 Å². The molecule has 0 aromatic heterocycles. The number of amidine groups is 1. The Morgan fingerprint density at radius 3 is 2.41 bits per heavy atom. The highest BCUT2D eigenvalue weighted by Crippen LogP contribution is 2.33. The fourth-order valence-corrected chi connectivity index (χ4v) is 6.04. The number of ether oxygens (including phenoxy) is 1. The number of nitrogens with zero attached hydrogens (tertiary/aromatic N) is 1. The van der Waals surface area contributed by atoms with Crippen molar-refractivity contribution in [2.45, 2.75) is 20.5 Å². The summed E-state index contributed by atoms with van der Waals surface area (Å²) in [5.74, 6) is 0.727. The molecule has 0 aliphatic carbocycles. The molecule has 0 bridgehead atoms. The normalized spacial score (nSPS) is 15.9. The number of nitrogens with one attached hydrogen (secondary N) is 1. The van der Waals surface area contributed by atoms with Gasteiger partial charge in [-0.15, -0.1) is 0 Å². The van der Waals surface area contributed by atoms with Crippen molar-refractivity contribution in [3.8, 4) is 5.75 Å². The van der Waals surface area contributed by atoms with Crippen LogP contribution in [0.5, 0.6) is 5.75 Å². The van der Waals surface area contributed by atoms with E-state index >= 15 is 0 Å². The third kappa shape index (κ3) is 5.74. The van der Waals surface area contributed by atoms with Crippen LogP contribution < -0.4 is 10.1 Å². The molecule has 1 fully saturated rings. The standard InChI is InChI=1S/C25H20I2N2O2S/c1-15-8-9-19(10-16(15)2)28-25-29-24(30)22(32-25)13-18-11-20(26)23(21(27)12-18)31-14-17-6-4-3-5-7-17/h3-13H,14H2,1-2H3,(H,28,29,30)/b22-13-. The van der Waals surface area contributed by atoms with Crippen LogP contribution in [0.1, 0.15) is 22.3 Å². The van der Waals surface area contributed by atoms with Crippen LogP contribution in [0.4, 0.5) is 5.69 Å². The SMILES string of the molecule is Cc1ccc(N=C2NC(=O)/C(=C/c3cc(I)c(OCc4ccccc4)c(I)c3)S2)cc1C. The van der Waals surface area contributed by atoms with Gasteiger partial charge in [0.25, 0.3) is 5.91 Å². The van der Waals surface area contributed by atoms with Gasteiger partial charge in [0.05, 0.1) is 17.7 Å². The monoisotopic (exact) mass is 666 g/mol. The first-order valence-electron chi connectivity index (χ1n) is 9.91. The van der Waals surface area contributed by atoms with E-state index in [9.17, 15) is 4.79 Å². The molecule has 162 valence electrons. The van der Waals surface area contributed by atoms with Crippen LogP contribution in [-0.4, -0.2) is 11.1 Å². The minimum Gasteiger partial charge on any atom is -0.487 e. The van der Waals surface area contributed by atoms with E-state index in [1.807, 2.05) is 66.7 Å². The quantitative estimate of drug-likeness (QED) is 0.236. The highest BCUT2D eigenvalue weighted by molar-refractivity contribution is 14.1. The number of rotatable bonds is 5. The lowest BCUT2D eigenvalue weighted by molar-refractivity contribution is -0.115. The number of benzene rings is 3. The first-order valence-corrected chi connectivity index (χ1v) is 12.9. The van der Waals surface area contributed by atoms with E-state index in [1.165, 1.54) is 22.9 Å². The van der Waals surface area contributed by atoms with Gasteiger partial charge in [-0.3, -0.25) is 4.79 Å². The molecule has 0 unspecified atom stereocenters. The van der Waals surface area contributed by atoms with E-state index in [0.29, 0.717) is 16.7 Å². The molecule has 1 N–H and O–H groups in total. The van der Waals surface area contributed by atoms with Gasteiger partial charge in [-0.1, -0.05) is 36.4 Å². The van der Waals surface area contributed by atoms with Gasteiger partial charge in [-0.2, -0.15) is 0 Å². The summed E-state index contributed by atoms with van der Waals surface area (Å²) in [5, 5.41) is 3.46. The number of thioether (sulfide) groups is 1. The Morgan fingerprint density at radius 2 is 1.72 bits per heavy atom. The number of aliphatic imine (C=N–C) groups is 1. The predicted molar refractivity (Wildman–Crippen MR) is 149 cm³/mol. The zero-order chi connectivity index (χ0) is 22.7. The van der Waals surface area contributed by atoms with Crippen LogP contribution in [-0.2, 0) is 11.4 Å². The second-order valence-corrected chi connectivity index (χ2v) is 10.7. The van der Waals surface area contributed by atoms with Gasteiger partial charge in [0.2, 0.25) is 0 Å². The summed E-state index contributed by atoms with van der Waals surface area (Å²) in [7, 11) is 0. The van der Waals surface area contributed by atoms with Crippen molar-refractivity contribution in [1.82, 2.24) is 5.32 Å². The fraction of sp³-hybridized carbons (Fsp3) is 0.120. The first-order chi connectivity index (χ1) is 15.4. The van der Waals surface area contributed by atoms with Gasteiger partial charge in [-0.25, -0.2) is 4.99 Å². The Kier molecular flexibility index (Phi) is 7.57. The van der Waals surface area contributed by atoms with Crippen molar-refractivity contribution in [1.29, 1.82) is 0 Å². The summed E-state index contributed by atoms with van der Waals surface area (Å²) < 4.78 is 8.07. The van der Waals surface area contributed by atoms with Gasteiger partial charge >= 0.3 is 0 Å². The molecule has 0 spiro atoms. The van der Waals surface area contributed by atoms with Crippen LogP contribution in [0.3, 0.4) is 0 Å². The van der Waals surface area contributed by atoms with Crippen LogP contribution >= 0.6 is 56.9 Å². The average Bonchev–Trinajstić information content (AvgIpc) is 3.09. The highest BCUT2D eigenvalue weighted by Gasteiger charge is 2.24. The van der Waals surface area contributed by atoms with Crippen LogP contribution in [0, 0.1) is 21.0 Å². The Bertz CT molecular complexity index is 1220.